The van der Waals surface area contributed by atoms with Gasteiger partial charge in [0.1, 0.15) is 6.61 Å². The highest BCUT2D eigenvalue weighted by atomic mass is 16.6. The van der Waals surface area contributed by atoms with E-state index in [-0.39, 0.29) is 12.3 Å². The summed E-state index contributed by atoms with van der Waals surface area (Å²) in [6.07, 6.45) is 0. The number of rotatable bonds is 4. The van der Waals surface area contributed by atoms with E-state index in [1.807, 2.05) is 0 Å². The Labute approximate surface area is 63.1 Å². The van der Waals surface area contributed by atoms with Gasteiger partial charge in [-0.3, -0.25) is 14.4 Å². The Kier molecular flexibility index (Phi) is 3.86. The summed E-state index contributed by atoms with van der Waals surface area (Å²) in [7, 11) is 0. The van der Waals surface area contributed by atoms with Gasteiger partial charge in [0.2, 0.25) is 0 Å². The van der Waals surface area contributed by atoms with Gasteiger partial charge in [0, 0.05) is 0 Å². The van der Waals surface area contributed by atoms with Gasteiger partial charge in [-0.1, -0.05) is 6.58 Å². The fraction of sp³-hybridized carbons (Fsp3) is 0.200. The molecule has 0 aliphatic rings. The quantitative estimate of drug-likeness (QED) is 0.325. The van der Waals surface area contributed by atoms with Crippen LogP contribution in [0.5, 0.6) is 0 Å². The zero-order valence-electron chi connectivity index (χ0n) is 5.79. The fourth-order valence-corrected chi connectivity index (χ4v) is 0.342. The van der Waals surface area contributed by atoms with Gasteiger partial charge in [-0.2, -0.15) is 0 Å². The van der Waals surface area contributed by atoms with Gasteiger partial charge in [-0.15, -0.1) is 0 Å². The predicted octanol–water partition coefficient (Wildman–Crippen LogP) is -2.01. The molecular weight excluding hydrogens is 150 g/mol. The molecule has 62 valence electrons. The van der Waals surface area contributed by atoms with Crippen LogP contribution >= 0.6 is 0 Å². The van der Waals surface area contributed by atoms with Crippen LogP contribution < -0.4 is 16.9 Å². The largest absolute Gasteiger partial charge is 0.364 e. The van der Waals surface area contributed by atoms with E-state index >= 15 is 0 Å². The summed E-state index contributed by atoms with van der Waals surface area (Å²) in [4.78, 5) is 24.8. The van der Waals surface area contributed by atoms with Crippen LogP contribution in [0.15, 0.2) is 12.3 Å². The molecule has 0 aromatic heterocycles. The van der Waals surface area contributed by atoms with Gasteiger partial charge < -0.3 is 11.1 Å². The van der Waals surface area contributed by atoms with Crippen molar-refractivity contribution in [3.8, 4) is 0 Å². The van der Waals surface area contributed by atoms with E-state index in [9.17, 15) is 9.59 Å². The number of carbonyl (C=O) groups excluding carboxylic acids is 2. The Hall–Kier alpha value is -1.40. The maximum absolute atomic E-state index is 10.6. The first kappa shape index (κ1) is 9.60. The summed E-state index contributed by atoms with van der Waals surface area (Å²) in [5, 5.41) is 2.07. The Morgan fingerprint density at radius 1 is 1.55 bits per heavy atom. The van der Waals surface area contributed by atoms with E-state index in [2.05, 4.69) is 22.6 Å². The van der Waals surface area contributed by atoms with Crippen molar-refractivity contribution in [3.63, 3.8) is 0 Å². The Morgan fingerprint density at radius 3 is 2.45 bits per heavy atom. The molecule has 0 unspecified atom stereocenters. The van der Waals surface area contributed by atoms with Gasteiger partial charge in [0.15, 0.2) is 0 Å². The second-order valence-electron chi connectivity index (χ2n) is 1.70. The van der Waals surface area contributed by atoms with Crippen LogP contribution in [0.2, 0.25) is 0 Å². The first-order valence-corrected chi connectivity index (χ1v) is 2.68. The smallest absolute Gasteiger partial charge is 0.264 e. The fourth-order valence-electron chi connectivity index (χ4n) is 0.342. The predicted molar refractivity (Wildman–Crippen MR) is 36.6 cm³/mol. The van der Waals surface area contributed by atoms with Crippen LogP contribution in [0, 0.1) is 0 Å². The van der Waals surface area contributed by atoms with Crippen molar-refractivity contribution in [2.75, 3.05) is 6.61 Å². The van der Waals surface area contributed by atoms with Crippen molar-refractivity contribution < 1.29 is 14.4 Å². The van der Waals surface area contributed by atoms with Gasteiger partial charge >= 0.3 is 0 Å². The minimum Gasteiger partial charge on any atom is -0.364 e. The SMILES string of the molecule is C=C(NC(=O)CON)C(N)=O. The van der Waals surface area contributed by atoms with E-state index in [0.29, 0.717) is 0 Å². The van der Waals surface area contributed by atoms with Crippen LogP contribution in [0.25, 0.3) is 0 Å². The van der Waals surface area contributed by atoms with Crippen LogP contribution in [-0.4, -0.2) is 18.4 Å². The monoisotopic (exact) mass is 159 g/mol. The topological polar surface area (TPSA) is 107 Å². The molecule has 0 radical (unpaired) electrons. The molecule has 5 N–H and O–H groups in total. The maximum Gasteiger partial charge on any atom is 0.264 e. The molecule has 6 nitrogen and oxygen atoms in total. The molecule has 0 aliphatic heterocycles. The number of hydrogen-bond donors (Lipinski definition) is 3. The molecule has 2 amide bonds. The molecule has 0 spiro atoms. The van der Waals surface area contributed by atoms with Crippen LogP contribution in [0.4, 0.5) is 0 Å². The average molecular weight is 159 g/mol. The average Bonchev–Trinajstić information content (AvgIpc) is 1.87. The van der Waals surface area contributed by atoms with Crippen molar-refractivity contribution in [1.29, 1.82) is 0 Å². The number of nitrogens with two attached hydrogens (primary N) is 2. The molecule has 0 saturated carbocycles. The van der Waals surface area contributed by atoms with Gasteiger partial charge in [0.05, 0.1) is 5.70 Å². The highest BCUT2D eigenvalue weighted by molar-refractivity contribution is 5.95. The van der Waals surface area contributed by atoms with Crippen molar-refractivity contribution >= 4 is 11.8 Å². The van der Waals surface area contributed by atoms with Crippen molar-refractivity contribution in [2.24, 2.45) is 11.6 Å². The summed E-state index contributed by atoms with van der Waals surface area (Å²) >= 11 is 0. The molecular formula is C5H9N3O3. The number of amides is 2. The van der Waals surface area contributed by atoms with Crippen LogP contribution in [0.3, 0.4) is 0 Å². The number of primary amides is 1. The van der Waals surface area contributed by atoms with Crippen LogP contribution in [-0.2, 0) is 14.4 Å². The third-order valence-corrected chi connectivity index (χ3v) is 0.802. The van der Waals surface area contributed by atoms with Crippen LogP contribution in [0.1, 0.15) is 0 Å². The molecule has 0 rings (SSSR count). The van der Waals surface area contributed by atoms with Crippen molar-refractivity contribution in [2.45, 2.75) is 0 Å². The second kappa shape index (κ2) is 4.42. The van der Waals surface area contributed by atoms with Gasteiger partial charge in [-0.05, 0) is 0 Å². The molecule has 11 heavy (non-hydrogen) atoms. The van der Waals surface area contributed by atoms with E-state index in [0.717, 1.165) is 0 Å². The molecule has 0 atom stereocenters. The lowest BCUT2D eigenvalue weighted by molar-refractivity contribution is -0.126. The number of hydrogen-bond acceptors (Lipinski definition) is 4. The number of carbonyl (C=O) groups is 2. The lowest BCUT2D eigenvalue weighted by Crippen LogP contribution is -2.33. The number of nitrogens with one attached hydrogen (secondary N) is 1. The zero-order valence-corrected chi connectivity index (χ0v) is 5.79. The molecule has 0 fully saturated rings. The summed E-state index contributed by atoms with van der Waals surface area (Å²) in [5.74, 6) is 3.21. The summed E-state index contributed by atoms with van der Waals surface area (Å²) < 4.78 is 0. The van der Waals surface area contributed by atoms with E-state index < -0.39 is 11.8 Å². The van der Waals surface area contributed by atoms with Crippen molar-refractivity contribution in [3.05, 3.63) is 12.3 Å². The zero-order chi connectivity index (χ0) is 8.85. The first-order valence-electron chi connectivity index (χ1n) is 2.68. The molecule has 0 aromatic rings. The molecule has 0 aliphatic carbocycles. The Balaban J connectivity index is 3.76. The first-order chi connectivity index (χ1) is 5.07. The maximum atomic E-state index is 10.6. The van der Waals surface area contributed by atoms with Crippen molar-refractivity contribution in [1.82, 2.24) is 5.32 Å². The second-order valence-corrected chi connectivity index (χ2v) is 1.70. The standard InChI is InChI=1S/C5H9N3O3/c1-3(5(6)10)8-4(9)2-11-7/h1-2,7H2,(H2,6,10)(H,8,9). The molecule has 0 bridgehead atoms. The summed E-state index contributed by atoms with van der Waals surface area (Å²) in [6, 6.07) is 0. The molecule has 0 saturated heterocycles. The minimum absolute atomic E-state index is 0.188. The minimum atomic E-state index is -0.796. The normalized spacial score (nSPS) is 8.82. The van der Waals surface area contributed by atoms with E-state index in [1.165, 1.54) is 0 Å². The highest BCUT2D eigenvalue weighted by Gasteiger charge is 2.05. The van der Waals surface area contributed by atoms with E-state index in [1.54, 1.807) is 0 Å². The highest BCUT2D eigenvalue weighted by Crippen LogP contribution is 1.80. The lowest BCUT2D eigenvalue weighted by atomic mass is 10.4. The molecule has 6 heteroatoms. The lowest BCUT2D eigenvalue weighted by Gasteiger charge is -2.02. The summed E-state index contributed by atoms with van der Waals surface area (Å²) in [6.45, 7) is 2.83. The summed E-state index contributed by atoms with van der Waals surface area (Å²) in [5.41, 5.74) is 4.57. The Bertz CT molecular complexity index is 189. The van der Waals surface area contributed by atoms with Gasteiger partial charge in [-0.25, -0.2) is 5.90 Å². The molecule has 0 aromatic carbocycles. The van der Waals surface area contributed by atoms with Gasteiger partial charge in [0.25, 0.3) is 11.8 Å². The Morgan fingerprint density at radius 2 is 2.09 bits per heavy atom. The van der Waals surface area contributed by atoms with E-state index in [4.69, 9.17) is 5.73 Å². The third-order valence-electron chi connectivity index (χ3n) is 0.802. The third kappa shape index (κ3) is 4.06. The molecule has 0 heterocycles.